The molecule has 0 saturated heterocycles. The van der Waals surface area contributed by atoms with Gasteiger partial charge >= 0.3 is 0 Å². The topological polar surface area (TPSA) is 85.8 Å². The van der Waals surface area contributed by atoms with Crippen molar-refractivity contribution in [3.8, 4) is 0 Å². The van der Waals surface area contributed by atoms with Crippen LogP contribution < -0.4 is 11.1 Å². The third-order valence-corrected chi connectivity index (χ3v) is 3.29. The van der Waals surface area contributed by atoms with Gasteiger partial charge in [-0.05, 0) is 30.0 Å². The molecule has 0 aliphatic rings. The van der Waals surface area contributed by atoms with Gasteiger partial charge in [-0.3, -0.25) is 14.5 Å². The van der Waals surface area contributed by atoms with E-state index in [2.05, 4.69) is 15.4 Å². The smallest absolute Gasteiger partial charge is 0.242 e. The van der Waals surface area contributed by atoms with Gasteiger partial charge in [-0.25, -0.2) is 0 Å². The minimum atomic E-state index is -0.521. The number of aryl methyl sites for hydroxylation is 2. The molecule has 2 aromatic heterocycles. The zero-order chi connectivity index (χ0) is 15.2. The number of carbonyl (C=O) groups is 1. The summed E-state index contributed by atoms with van der Waals surface area (Å²) in [6.07, 6.45) is 6.26. The maximum Gasteiger partial charge on any atom is 0.242 e. The van der Waals surface area contributed by atoms with Crippen LogP contribution in [-0.4, -0.2) is 26.7 Å². The number of pyridine rings is 1. The van der Waals surface area contributed by atoms with Crippen molar-refractivity contribution in [1.29, 1.82) is 0 Å². The Balaban J connectivity index is 1.88. The lowest BCUT2D eigenvalue weighted by molar-refractivity contribution is -0.118. The van der Waals surface area contributed by atoms with E-state index >= 15 is 0 Å². The first kappa shape index (κ1) is 15.2. The van der Waals surface area contributed by atoms with Crippen molar-refractivity contribution in [2.75, 3.05) is 5.32 Å². The van der Waals surface area contributed by atoms with Crippen molar-refractivity contribution in [3.63, 3.8) is 0 Å². The first-order valence-corrected chi connectivity index (χ1v) is 7.05. The van der Waals surface area contributed by atoms with Crippen molar-refractivity contribution in [2.24, 2.45) is 11.7 Å². The van der Waals surface area contributed by atoms with Gasteiger partial charge < -0.3 is 11.1 Å². The number of anilines is 1. The Kier molecular flexibility index (Phi) is 5.05. The van der Waals surface area contributed by atoms with Crippen LogP contribution in [0.3, 0.4) is 0 Å². The molecule has 0 aliphatic carbocycles. The highest BCUT2D eigenvalue weighted by Gasteiger charge is 2.17. The number of nitrogens with one attached hydrogen (secondary N) is 1. The van der Waals surface area contributed by atoms with Gasteiger partial charge in [0.25, 0.3) is 0 Å². The number of rotatable bonds is 6. The Hall–Kier alpha value is -2.21. The third-order valence-electron chi connectivity index (χ3n) is 3.29. The monoisotopic (exact) mass is 287 g/mol. The maximum absolute atomic E-state index is 11.9. The van der Waals surface area contributed by atoms with Gasteiger partial charge in [-0.2, -0.15) is 5.10 Å². The van der Waals surface area contributed by atoms with Gasteiger partial charge in [-0.15, -0.1) is 0 Å². The predicted molar refractivity (Wildman–Crippen MR) is 81.6 cm³/mol. The van der Waals surface area contributed by atoms with Gasteiger partial charge in [0.1, 0.15) is 0 Å². The van der Waals surface area contributed by atoms with E-state index in [0.717, 1.165) is 13.0 Å². The average Bonchev–Trinajstić information content (AvgIpc) is 2.92. The Bertz CT molecular complexity index is 579. The third kappa shape index (κ3) is 4.39. The summed E-state index contributed by atoms with van der Waals surface area (Å²) in [5.41, 5.74) is 7.00. The predicted octanol–water partition coefficient (Wildman–Crippen LogP) is 1.44. The first-order chi connectivity index (χ1) is 10.1. The van der Waals surface area contributed by atoms with Crippen molar-refractivity contribution in [2.45, 2.75) is 32.9 Å². The van der Waals surface area contributed by atoms with E-state index in [9.17, 15) is 4.79 Å². The van der Waals surface area contributed by atoms with Crippen LogP contribution in [0.15, 0.2) is 36.8 Å². The standard InChI is InChI=1S/C15H21N5O/c1-11(2)14(16)15(21)18-13-6-10-20(19-13)9-5-12-3-7-17-8-4-12/h3-4,6-8,10-11,14H,5,9,16H2,1-2H3,(H,18,19,21)/t14-/m0/s1. The molecule has 0 fully saturated rings. The number of nitrogens with zero attached hydrogens (tertiary/aromatic N) is 3. The summed E-state index contributed by atoms with van der Waals surface area (Å²) in [5.74, 6) is 0.425. The highest BCUT2D eigenvalue weighted by atomic mass is 16.2. The Morgan fingerprint density at radius 1 is 1.33 bits per heavy atom. The van der Waals surface area contributed by atoms with Crippen molar-refractivity contribution in [1.82, 2.24) is 14.8 Å². The lowest BCUT2D eigenvalue weighted by Gasteiger charge is -2.13. The molecule has 2 heterocycles. The van der Waals surface area contributed by atoms with E-state index in [1.54, 1.807) is 23.1 Å². The molecule has 112 valence electrons. The molecule has 0 aromatic carbocycles. The molecule has 0 radical (unpaired) electrons. The molecular formula is C15H21N5O. The summed E-state index contributed by atoms with van der Waals surface area (Å²) >= 11 is 0. The molecular weight excluding hydrogens is 266 g/mol. The fourth-order valence-corrected chi connectivity index (χ4v) is 1.86. The fraction of sp³-hybridized carbons (Fsp3) is 0.400. The maximum atomic E-state index is 11.9. The molecule has 0 bridgehead atoms. The van der Waals surface area contributed by atoms with Gasteiger partial charge in [0.05, 0.1) is 6.04 Å². The van der Waals surface area contributed by atoms with Crippen LogP contribution in [0.4, 0.5) is 5.82 Å². The average molecular weight is 287 g/mol. The van der Waals surface area contributed by atoms with Crippen LogP contribution in [0, 0.1) is 5.92 Å². The molecule has 6 nitrogen and oxygen atoms in total. The van der Waals surface area contributed by atoms with Crippen molar-refractivity contribution in [3.05, 3.63) is 42.4 Å². The summed E-state index contributed by atoms with van der Waals surface area (Å²) in [6, 6.07) is 5.21. The second-order valence-corrected chi connectivity index (χ2v) is 5.33. The minimum absolute atomic E-state index is 0.0961. The second kappa shape index (κ2) is 6.99. The molecule has 2 rings (SSSR count). The molecule has 1 amide bonds. The number of hydrogen-bond donors (Lipinski definition) is 2. The van der Waals surface area contributed by atoms with Crippen LogP contribution in [-0.2, 0) is 17.8 Å². The highest BCUT2D eigenvalue weighted by molar-refractivity contribution is 5.93. The van der Waals surface area contributed by atoms with Crippen molar-refractivity contribution >= 4 is 11.7 Å². The molecule has 0 aliphatic heterocycles. The number of carbonyl (C=O) groups excluding carboxylic acids is 1. The summed E-state index contributed by atoms with van der Waals surface area (Å²) in [7, 11) is 0. The highest BCUT2D eigenvalue weighted by Crippen LogP contribution is 2.07. The Morgan fingerprint density at radius 2 is 2.05 bits per heavy atom. The van der Waals surface area contributed by atoms with E-state index in [1.807, 2.05) is 32.2 Å². The summed E-state index contributed by atoms with van der Waals surface area (Å²) in [5, 5.41) is 7.06. The van der Waals surface area contributed by atoms with Crippen LogP contribution in [0.1, 0.15) is 19.4 Å². The van der Waals surface area contributed by atoms with Crippen LogP contribution in [0.2, 0.25) is 0 Å². The van der Waals surface area contributed by atoms with Crippen LogP contribution in [0.25, 0.3) is 0 Å². The quantitative estimate of drug-likeness (QED) is 0.842. The molecule has 6 heteroatoms. The molecule has 0 saturated carbocycles. The van der Waals surface area contributed by atoms with E-state index in [0.29, 0.717) is 5.82 Å². The van der Waals surface area contributed by atoms with E-state index in [4.69, 9.17) is 5.73 Å². The summed E-state index contributed by atoms with van der Waals surface area (Å²) in [4.78, 5) is 15.8. The minimum Gasteiger partial charge on any atom is -0.320 e. The number of hydrogen-bond acceptors (Lipinski definition) is 4. The number of nitrogens with two attached hydrogens (primary N) is 1. The molecule has 0 spiro atoms. The summed E-state index contributed by atoms with van der Waals surface area (Å²) < 4.78 is 1.80. The zero-order valence-corrected chi connectivity index (χ0v) is 12.4. The lowest BCUT2D eigenvalue weighted by atomic mass is 10.1. The first-order valence-electron chi connectivity index (χ1n) is 7.05. The Morgan fingerprint density at radius 3 is 2.71 bits per heavy atom. The fourth-order valence-electron chi connectivity index (χ4n) is 1.86. The molecule has 0 unspecified atom stereocenters. The summed E-state index contributed by atoms with van der Waals surface area (Å²) in [6.45, 7) is 4.57. The largest absolute Gasteiger partial charge is 0.320 e. The van der Waals surface area contributed by atoms with Gasteiger partial charge in [0.15, 0.2) is 5.82 Å². The molecule has 1 atom stereocenters. The van der Waals surface area contributed by atoms with Gasteiger partial charge in [0.2, 0.25) is 5.91 Å². The van der Waals surface area contributed by atoms with E-state index in [1.165, 1.54) is 5.56 Å². The number of amides is 1. The number of aromatic nitrogens is 3. The molecule has 21 heavy (non-hydrogen) atoms. The van der Waals surface area contributed by atoms with E-state index in [-0.39, 0.29) is 11.8 Å². The van der Waals surface area contributed by atoms with E-state index < -0.39 is 6.04 Å². The zero-order valence-electron chi connectivity index (χ0n) is 12.4. The Labute approximate surface area is 124 Å². The molecule has 3 N–H and O–H groups in total. The van der Waals surface area contributed by atoms with Gasteiger partial charge in [-0.1, -0.05) is 13.8 Å². The normalized spacial score (nSPS) is 12.4. The lowest BCUT2D eigenvalue weighted by Crippen LogP contribution is -2.39. The van der Waals surface area contributed by atoms with Crippen molar-refractivity contribution < 1.29 is 4.79 Å². The molecule has 2 aromatic rings. The van der Waals surface area contributed by atoms with Gasteiger partial charge in [0, 0.05) is 31.2 Å². The van der Waals surface area contributed by atoms with Crippen LogP contribution >= 0.6 is 0 Å². The SMILES string of the molecule is CC(C)[C@H](N)C(=O)Nc1ccn(CCc2ccncc2)n1. The van der Waals surface area contributed by atoms with Crippen LogP contribution in [0.5, 0.6) is 0 Å². The second-order valence-electron chi connectivity index (χ2n) is 5.33.